The first-order chi connectivity index (χ1) is 17.8. The molecule has 1 aliphatic carbocycles. The van der Waals surface area contributed by atoms with Gasteiger partial charge in [-0.15, -0.1) is 0 Å². The molecule has 0 spiro atoms. The molecule has 4 rings (SSSR count). The molecule has 1 unspecified atom stereocenters. The second-order valence-electron chi connectivity index (χ2n) is 8.86. The second-order valence-corrected chi connectivity index (χ2v) is 9.84. The van der Waals surface area contributed by atoms with E-state index in [1.807, 2.05) is 48.1 Å². The number of aromatic nitrogens is 2. The van der Waals surface area contributed by atoms with Crippen LogP contribution in [0.2, 0.25) is 0 Å². The van der Waals surface area contributed by atoms with Gasteiger partial charge in [0, 0.05) is 25.0 Å². The first-order valence-electron chi connectivity index (χ1n) is 12.1. The van der Waals surface area contributed by atoms with E-state index in [1.165, 1.54) is 18.9 Å². The third kappa shape index (κ3) is 5.87. The van der Waals surface area contributed by atoms with Gasteiger partial charge in [-0.3, -0.25) is 4.79 Å². The van der Waals surface area contributed by atoms with Gasteiger partial charge in [-0.05, 0) is 79.4 Å². The van der Waals surface area contributed by atoms with E-state index >= 15 is 0 Å². The molecule has 8 heteroatoms. The van der Waals surface area contributed by atoms with E-state index in [0.29, 0.717) is 52.6 Å². The highest BCUT2D eigenvalue weighted by Gasteiger charge is 2.46. The van der Waals surface area contributed by atoms with Crippen LogP contribution in [-0.2, 0) is 16.6 Å². The van der Waals surface area contributed by atoms with Crippen molar-refractivity contribution in [2.75, 3.05) is 13.7 Å². The van der Waals surface area contributed by atoms with Gasteiger partial charge in [-0.25, -0.2) is 9.78 Å². The summed E-state index contributed by atoms with van der Waals surface area (Å²) in [7, 11) is 3.18. The molecular formula is C29H30N2O5S. The number of methoxy groups -OCH3 is 1. The Morgan fingerprint density at radius 2 is 1.95 bits per heavy atom. The van der Waals surface area contributed by atoms with E-state index in [-0.39, 0.29) is 11.4 Å². The maximum Gasteiger partial charge on any atom is 0.337 e. The minimum Gasteiger partial charge on any atom is -0.494 e. The third-order valence-corrected chi connectivity index (χ3v) is 7.66. The topological polar surface area (TPSA) is 90.7 Å². The van der Waals surface area contributed by atoms with Gasteiger partial charge in [0.1, 0.15) is 11.4 Å². The van der Waals surface area contributed by atoms with Crippen LogP contribution >= 0.6 is 11.8 Å². The summed E-state index contributed by atoms with van der Waals surface area (Å²) in [5.74, 6) is 0.0946. The number of aliphatic hydroxyl groups is 1. The number of carbonyl (C=O) groups is 2. The van der Waals surface area contributed by atoms with Gasteiger partial charge in [-0.1, -0.05) is 30.3 Å². The van der Waals surface area contributed by atoms with Crippen LogP contribution in [0.1, 0.15) is 42.1 Å². The van der Waals surface area contributed by atoms with E-state index in [9.17, 15) is 14.7 Å². The van der Waals surface area contributed by atoms with E-state index in [0.717, 1.165) is 5.75 Å². The summed E-state index contributed by atoms with van der Waals surface area (Å²) < 4.78 is 12.5. The zero-order valence-corrected chi connectivity index (χ0v) is 22.0. The summed E-state index contributed by atoms with van der Waals surface area (Å²) in [5, 5.41) is 12.6. The Morgan fingerprint density at radius 1 is 1.16 bits per heavy atom. The van der Waals surface area contributed by atoms with Crippen LogP contribution in [0.5, 0.6) is 5.75 Å². The Bertz CT molecular complexity index is 1350. The summed E-state index contributed by atoms with van der Waals surface area (Å²) in [6.07, 6.45) is 6.87. The van der Waals surface area contributed by atoms with Crippen LogP contribution in [0.15, 0.2) is 88.2 Å². The second kappa shape index (κ2) is 11.6. The number of rotatable bonds is 10. The van der Waals surface area contributed by atoms with Crippen LogP contribution in [0, 0.1) is 0 Å². The molecule has 1 aliphatic rings. The average Bonchev–Trinajstić information content (AvgIpc) is 3.39. The fourth-order valence-corrected chi connectivity index (χ4v) is 5.30. The van der Waals surface area contributed by atoms with Crippen molar-refractivity contribution in [2.45, 2.75) is 36.9 Å². The van der Waals surface area contributed by atoms with Crippen molar-refractivity contribution in [2.24, 2.45) is 7.05 Å². The maximum atomic E-state index is 13.7. The number of ether oxygens (including phenoxy) is 2. The maximum absolute atomic E-state index is 13.7. The minimum absolute atomic E-state index is 0.239. The van der Waals surface area contributed by atoms with Crippen molar-refractivity contribution >= 4 is 29.6 Å². The molecule has 192 valence electrons. The van der Waals surface area contributed by atoms with E-state index in [2.05, 4.69) is 4.98 Å². The number of esters is 1. The summed E-state index contributed by atoms with van der Waals surface area (Å²) in [4.78, 5) is 30.5. The van der Waals surface area contributed by atoms with E-state index in [4.69, 9.17) is 9.47 Å². The van der Waals surface area contributed by atoms with Crippen LogP contribution < -0.4 is 4.74 Å². The van der Waals surface area contributed by atoms with Crippen LogP contribution in [0.25, 0.3) is 6.08 Å². The van der Waals surface area contributed by atoms with Crippen LogP contribution in [-0.4, -0.2) is 45.7 Å². The summed E-state index contributed by atoms with van der Waals surface area (Å²) >= 11 is 1.25. The molecule has 1 heterocycles. The Kier molecular flexibility index (Phi) is 8.31. The quantitative estimate of drug-likeness (QED) is 0.224. The summed E-state index contributed by atoms with van der Waals surface area (Å²) in [5.41, 5.74) is 0.445. The van der Waals surface area contributed by atoms with Gasteiger partial charge in [0.25, 0.3) is 0 Å². The van der Waals surface area contributed by atoms with Crippen molar-refractivity contribution in [3.8, 4) is 5.75 Å². The van der Waals surface area contributed by atoms with Crippen molar-refractivity contribution < 1.29 is 24.2 Å². The Balaban J connectivity index is 1.59. The smallest absolute Gasteiger partial charge is 0.337 e. The van der Waals surface area contributed by atoms with Gasteiger partial charge >= 0.3 is 5.97 Å². The van der Waals surface area contributed by atoms with Gasteiger partial charge in [-0.2, -0.15) is 0 Å². The first-order valence-corrected chi connectivity index (χ1v) is 12.9. The van der Waals surface area contributed by atoms with Crippen molar-refractivity contribution in [1.29, 1.82) is 0 Å². The van der Waals surface area contributed by atoms with Gasteiger partial charge in [0.15, 0.2) is 10.9 Å². The SMILES string of the molecule is COC(=O)c1cccc(/C=C2/C(=O)C(Sc3nccn3C)=C(C)C2(O)CCCCOc2ccccc2)c1. The molecule has 3 aromatic rings. The number of aryl methyl sites for hydroxylation is 1. The molecule has 7 nitrogen and oxygen atoms in total. The lowest BCUT2D eigenvalue weighted by molar-refractivity contribution is -0.112. The number of allylic oxidation sites excluding steroid dienone is 1. The van der Waals surface area contributed by atoms with Crippen molar-refractivity contribution in [3.63, 3.8) is 0 Å². The highest BCUT2D eigenvalue weighted by Crippen LogP contribution is 2.47. The molecule has 37 heavy (non-hydrogen) atoms. The molecule has 2 aromatic carbocycles. The fourth-order valence-electron chi connectivity index (χ4n) is 4.27. The number of hydrogen-bond donors (Lipinski definition) is 1. The number of unbranched alkanes of at least 4 members (excludes halogenated alkanes) is 1. The third-order valence-electron chi connectivity index (χ3n) is 6.39. The number of para-hydroxylation sites is 1. The number of nitrogens with zero attached hydrogens (tertiary/aromatic N) is 2. The Labute approximate surface area is 220 Å². The molecule has 0 fully saturated rings. The standard InChI is InChI=1S/C29H30N2O5S/c1-20-26(37-28-30-15-16-31(28)2)25(32)24(19-21-10-9-11-22(18-21)27(33)35-3)29(20,34)14-7-8-17-36-23-12-5-4-6-13-23/h4-6,9-13,15-16,18-19,34H,7-8,14,17H2,1-3H3/b24-19-. The molecule has 0 saturated heterocycles. The fraction of sp³-hybridized carbons (Fsp3) is 0.276. The molecule has 1 N–H and O–H groups in total. The van der Waals surface area contributed by atoms with Crippen molar-refractivity contribution in [3.05, 3.63) is 94.2 Å². The number of imidazole rings is 1. The minimum atomic E-state index is -1.45. The number of Topliss-reactive ketones (excluding diaryl/α,β-unsaturated/α-hetero) is 1. The van der Waals surface area contributed by atoms with Gasteiger partial charge < -0.3 is 19.1 Å². The Hall–Kier alpha value is -3.62. The molecule has 0 bridgehead atoms. The largest absolute Gasteiger partial charge is 0.494 e. The van der Waals surface area contributed by atoms with E-state index < -0.39 is 11.6 Å². The highest BCUT2D eigenvalue weighted by molar-refractivity contribution is 8.04. The average molecular weight is 519 g/mol. The molecular weight excluding hydrogens is 488 g/mol. The summed E-state index contributed by atoms with van der Waals surface area (Å²) in [6.45, 7) is 2.31. The number of carbonyl (C=O) groups excluding carboxylic acids is 2. The number of thioether (sulfide) groups is 1. The normalized spacial score (nSPS) is 18.5. The van der Waals surface area contributed by atoms with E-state index in [1.54, 1.807) is 43.5 Å². The molecule has 1 aromatic heterocycles. The molecule has 0 aliphatic heterocycles. The molecule has 0 radical (unpaired) electrons. The molecule has 0 saturated carbocycles. The lowest BCUT2D eigenvalue weighted by atomic mass is 9.85. The summed E-state index contributed by atoms with van der Waals surface area (Å²) in [6, 6.07) is 16.4. The number of hydrogen-bond acceptors (Lipinski definition) is 7. The zero-order valence-electron chi connectivity index (χ0n) is 21.1. The lowest BCUT2D eigenvalue weighted by Crippen LogP contribution is -2.31. The molecule has 1 atom stereocenters. The first kappa shape index (κ1) is 26.4. The Morgan fingerprint density at radius 3 is 2.65 bits per heavy atom. The number of benzene rings is 2. The zero-order chi connectivity index (χ0) is 26.4. The molecule has 0 amide bonds. The predicted octanol–water partition coefficient (Wildman–Crippen LogP) is 5.22. The number of ketones is 1. The van der Waals surface area contributed by atoms with Gasteiger partial charge in [0.05, 0.1) is 24.2 Å². The monoisotopic (exact) mass is 518 g/mol. The van der Waals surface area contributed by atoms with Crippen molar-refractivity contribution in [1.82, 2.24) is 9.55 Å². The van der Waals surface area contributed by atoms with Crippen LogP contribution in [0.4, 0.5) is 0 Å². The predicted molar refractivity (Wildman–Crippen MR) is 143 cm³/mol. The van der Waals surface area contributed by atoms with Crippen LogP contribution in [0.3, 0.4) is 0 Å². The lowest BCUT2D eigenvalue weighted by Gasteiger charge is -2.26. The van der Waals surface area contributed by atoms with Gasteiger partial charge in [0.2, 0.25) is 0 Å². The highest BCUT2D eigenvalue weighted by atomic mass is 32.2.